The number of benzene rings is 2. The molecule has 2 bridgehead atoms. The molecule has 0 aliphatic carbocycles. The van der Waals surface area contributed by atoms with Gasteiger partial charge in [0.15, 0.2) is 0 Å². The largest absolute Gasteiger partial charge is 0.391 e. The molecule has 1 atom stereocenters. The predicted octanol–water partition coefficient (Wildman–Crippen LogP) is 4.23. The number of hydrogen-bond acceptors (Lipinski definition) is 3. The van der Waals surface area contributed by atoms with Gasteiger partial charge in [0.25, 0.3) is 0 Å². The Labute approximate surface area is 148 Å². The van der Waals surface area contributed by atoms with Gasteiger partial charge in [-0.3, -0.25) is 4.90 Å². The first-order valence-corrected chi connectivity index (χ1v) is 9.03. The SMILES string of the molecule is Fc1ccc(/C(=N/OCc2ccccc2)C2CC3CCN2CC3)cc1. The average Bonchev–Trinajstić information content (AvgIpc) is 2.68. The van der Waals surface area contributed by atoms with Crippen LogP contribution in [0.3, 0.4) is 0 Å². The molecule has 3 nitrogen and oxygen atoms in total. The number of fused-ring (bicyclic) bond motifs is 3. The molecule has 0 saturated carbocycles. The number of piperidine rings is 3. The van der Waals surface area contributed by atoms with E-state index in [4.69, 9.17) is 4.84 Å². The van der Waals surface area contributed by atoms with Gasteiger partial charge < -0.3 is 4.84 Å². The lowest BCUT2D eigenvalue weighted by Crippen LogP contribution is -2.52. The molecule has 4 heteroatoms. The van der Waals surface area contributed by atoms with E-state index in [2.05, 4.69) is 10.1 Å². The van der Waals surface area contributed by atoms with Crippen molar-refractivity contribution in [2.45, 2.75) is 31.9 Å². The van der Waals surface area contributed by atoms with Gasteiger partial charge in [0.2, 0.25) is 0 Å². The molecule has 0 aromatic heterocycles. The van der Waals surface area contributed by atoms with E-state index < -0.39 is 0 Å². The van der Waals surface area contributed by atoms with Gasteiger partial charge in [-0.1, -0.05) is 47.6 Å². The predicted molar refractivity (Wildman–Crippen MR) is 96.9 cm³/mol. The van der Waals surface area contributed by atoms with E-state index >= 15 is 0 Å². The summed E-state index contributed by atoms with van der Waals surface area (Å²) in [6, 6.07) is 16.9. The first kappa shape index (κ1) is 16.3. The molecule has 3 heterocycles. The van der Waals surface area contributed by atoms with Gasteiger partial charge in [-0.2, -0.15) is 0 Å². The smallest absolute Gasteiger partial charge is 0.142 e. The minimum Gasteiger partial charge on any atom is -0.391 e. The Morgan fingerprint density at radius 2 is 1.76 bits per heavy atom. The molecule has 2 aromatic carbocycles. The zero-order chi connectivity index (χ0) is 17.1. The van der Waals surface area contributed by atoms with Crippen molar-refractivity contribution < 1.29 is 9.23 Å². The number of nitrogens with zero attached hydrogens (tertiary/aromatic N) is 2. The minimum absolute atomic E-state index is 0.223. The van der Waals surface area contributed by atoms with Crippen molar-refractivity contribution in [3.63, 3.8) is 0 Å². The molecule has 1 unspecified atom stereocenters. The molecule has 0 N–H and O–H groups in total. The first-order valence-electron chi connectivity index (χ1n) is 9.03. The van der Waals surface area contributed by atoms with E-state index in [1.54, 1.807) is 0 Å². The summed E-state index contributed by atoms with van der Waals surface area (Å²) in [5.41, 5.74) is 2.97. The van der Waals surface area contributed by atoms with E-state index in [1.165, 1.54) is 25.0 Å². The number of hydrogen-bond donors (Lipinski definition) is 0. The third kappa shape index (κ3) is 3.74. The van der Waals surface area contributed by atoms with Crippen LogP contribution < -0.4 is 0 Å². The highest BCUT2D eigenvalue weighted by Crippen LogP contribution is 2.33. The molecule has 0 amide bonds. The molecule has 0 radical (unpaired) electrons. The van der Waals surface area contributed by atoms with Crippen molar-refractivity contribution in [2.75, 3.05) is 13.1 Å². The van der Waals surface area contributed by atoms with Crippen LogP contribution in [0.5, 0.6) is 0 Å². The second kappa shape index (κ2) is 7.36. The van der Waals surface area contributed by atoms with Gasteiger partial charge >= 0.3 is 0 Å². The number of rotatable bonds is 5. The third-order valence-electron chi connectivity index (χ3n) is 5.34. The summed E-state index contributed by atoms with van der Waals surface area (Å²) in [6.07, 6.45) is 3.67. The standard InChI is InChI=1S/C21H23FN2O/c22-19-8-6-18(7-9-19)21(20-14-16-10-12-24(20)13-11-16)23-25-15-17-4-2-1-3-5-17/h1-9,16,20H,10-15H2/b23-21-. The van der Waals surface area contributed by atoms with E-state index in [1.807, 2.05) is 42.5 Å². The van der Waals surface area contributed by atoms with E-state index in [9.17, 15) is 4.39 Å². The molecule has 3 saturated heterocycles. The van der Waals surface area contributed by atoms with Gasteiger partial charge in [0, 0.05) is 5.56 Å². The van der Waals surface area contributed by atoms with Crippen LogP contribution in [0.2, 0.25) is 0 Å². The molecule has 3 aliphatic heterocycles. The minimum atomic E-state index is -0.223. The van der Waals surface area contributed by atoms with Crippen molar-refractivity contribution in [1.29, 1.82) is 0 Å². The molecular weight excluding hydrogens is 315 g/mol. The Morgan fingerprint density at radius 1 is 1.04 bits per heavy atom. The highest BCUT2D eigenvalue weighted by atomic mass is 19.1. The molecule has 130 valence electrons. The Hall–Kier alpha value is -2.20. The summed E-state index contributed by atoms with van der Waals surface area (Å²) >= 11 is 0. The summed E-state index contributed by atoms with van der Waals surface area (Å²) in [5.74, 6) is 0.550. The van der Waals surface area contributed by atoms with Crippen molar-refractivity contribution in [3.8, 4) is 0 Å². The molecule has 3 fully saturated rings. The zero-order valence-electron chi connectivity index (χ0n) is 14.3. The van der Waals surface area contributed by atoms with Crippen LogP contribution in [-0.2, 0) is 11.4 Å². The topological polar surface area (TPSA) is 24.8 Å². The normalized spacial score (nSPS) is 25.8. The number of oxime groups is 1. The van der Waals surface area contributed by atoms with Crippen LogP contribution in [-0.4, -0.2) is 29.7 Å². The van der Waals surface area contributed by atoms with E-state index in [0.29, 0.717) is 6.61 Å². The fourth-order valence-electron chi connectivity index (χ4n) is 3.93. The third-order valence-corrected chi connectivity index (χ3v) is 5.34. The van der Waals surface area contributed by atoms with Gasteiger partial charge in [-0.05, 0) is 56.0 Å². The summed E-state index contributed by atoms with van der Waals surface area (Å²) in [4.78, 5) is 8.19. The van der Waals surface area contributed by atoms with Gasteiger partial charge in [-0.15, -0.1) is 0 Å². The van der Waals surface area contributed by atoms with Crippen molar-refractivity contribution in [3.05, 3.63) is 71.5 Å². The Balaban J connectivity index is 1.57. The molecule has 2 aromatic rings. The zero-order valence-corrected chi connectivity index (χ0v) is 14.3. The summed E-state index contributed by atoms with van der Waals surface area (Å²) in [7, 11) is 0. The van der Waals surface area contributed by atoms with Crippen LogP contribution in [0.4, 0.5) is 4.39 Å². The van der Waals surface area contributed by atoms with Crippen LogP contribution in [0, 0.1) is 11.7 Å². The Bertz CT molecular complexity index is 721. The highest BCUT2D eigenvalue weighted by Gasteiger charge is 2.37. The van der Waals surface area contributed by atoms with Crippen molar-refractivity contribution >= 4 is 5.71 Å². The van der Waals surface area contributed by atoms with Gasteiger partial charge in [0.1, 0.15) is 18.1 Å². The van der Waals surface area contributed by atoms with E-state index in [0.717, 1.165) is 42.3 Å². The van der Waals surface area contributed by atoms with Gasteiger partial charge in [0.05, 0.1) is 6.04 Å². The first-order chi connectivity index (χ1) is 12.3. The highest BCUT2D eigenvalue weighted by molar-refractivity contribution is 6.04. The van der Waals surface area contributed by atoms with Crippen molar-refractivity contribution in [2.24, 2.45) is 11.1 Å². The van der Waals surface area contributed by atoms with Crippen molar-refractivity contribution in [1.82, 2.24) is 4.90 Å². The molecule has 0 spiro atoms. The lowest BCUT2D eigenvalue weighted by Gasteiger charge is -2.45. The fourth-order valence-corrected chi connectivity index (χ4v) is 3.93. The lowest BCUT2D eigenvalue weighted by molar-refractivity contribution is 0.0762. The lowest BCUT2D eigenvalue weighted by atomic mass is 9.80. The molecule has 25 heavy (non-hydrogen) atoms. The molecular formula is C21H23FN2O. The Kier molecular flexibility index (Phi) is 4.79. The van der Waals surface area contributed by atoms with Crippen LogP contribution in [0.1, 0.15) is 30.4 Å². The number of halogens is 1. The second-order valence-electron chi connectivity index (χ2n) is 6.97. The second-order valence-corrected chi connectivity index (χ2v) is 6.97. The molecule has 5 rings (SSSR count). The van der Waals surface area contributed by atoms with Crippen LogP contribution >= 0.6 is 0 Å². The summed E-state index contributed by atoms with van der Waals surface area (Å²) < 4.78 is 13.3. The maximum Gasteiger partial charge on any atom is 0.142 e. The van der Waals surface area contributed by atoms with Gasteiger partial charge in [-0.25, -0.2) is 4.39 Å². The van der Waals surface area contributed by atoms with E-state index in [-0.39, 0.29) is 11.9 Å². The van der Waals surface area contributed by atoms with Crippen LogP contribution in [0.25, 0.3) is 0 Å². The fraction of sp³-hybridized carbons (Fsp3) is 0.381. The summed E-state index contributed by atoms with van der Waals surface area (Å²) in [6.45, 7) is 2.68. The summed E-state index contributed by atoms with van der Waals surface area (Å²) in [5, 5.41) is 4.51. The average molecular weight is 338 g/mol. The maximum atomic E-state index is 13.3. The monoisotopic (exact) mass is 338 g/mol. The van der Waals surface area contributed by atoms with Crippen LogP contribution in [0.15, 0.2) is 59.8 Å². The maximum absolute atomic E-state index is 13.3. The Morgan fingerprint density at radius 3 is 2.40 bits per heavy atom. The quantitative estimate of drug-likeness (QED) is 0.602. The molecule has 3 aliphatic rings.